The summed E-state index contributed by atoms with van der Waals surface area (Å²) in [6.07, 6.45) is 3.18. The lowest BCUT2D eigenvalue weighted by atomic mass is 10.2. The van der Waals surface area contributed by atoms with Crippen molar-refractivity contribution in [3.05, 3.63) is 23.0 Å². The van der Waals surface area contributed by atoms with Gasteiger partial charge in [-0.2, -0.15) is 5.10 Å². The third-order valence-corrected chi connectivity index (χ3v) is 2.24. The average molecular weight is 208 g/mol. The first kappa shape index (κ1) is 11.5. The van der Waals surface area contributed by atoms with Crippen LogP contribution >= 0.6 is 0 Å². The van der Waals surface area contributed by atoms with Crippen molar-refractivity contribution in [2.24, 2.45) is 7.05 Å². The number of ether oxygens (including phenoxy) is 1. The highest BCUT2D eigenvalue weighted by atomic mass is 16.5. The van der Waals surface area contributed by atoms with E-state index < -0.39 is 0 Å². The highest BCUT2D eigenvalue weighted by Gasteiger charge is 2.06. The molecule has 0 saturated heterocycles. The molecule has 82 valence electrons. The summed E-state index contributed by atoms with van der Waals surface area (Å²) in [5, 5.41) is 4.25. The first-order chi connectivity index (χ1) is 7.06. The number of carbonyl (C=O) groups is 1. The quantitative estimate of drug-likeness (QED) is 0.560. The van der Waals surface area contributed by atoms with Gasteiger partial charge in [-0.05, 0) is 26.8 Å². The number of aryl methyl sites for hydroxylation is 2. The van der Waals surface area contributed by atoms with E-state index in [9.17, 15) is 4.79 Å². The van der Waals surface area contributed by atoms with Crippen molar-refractivity contribution in [2.45, 2.75) is 20.8 Å². The summed E-state index contributed by atoms with van der Waals surface area (Å²) in [5.41, 5.74) is 2.93. The minimum absolute atomic E-state index is 0.319. The monoisotopic (exact) mass is 208 g/mol. The Labute approximate surface area is 89.5 Å². The summed E-state index contributed by atoms with van der Waals surface area (Å²) in [5.74, 6) is -0.319. The van der Waals surface area contributed by atoms with Gasteiger partial charge in [0.2, 0.25) is 0 Å². The van der Waals surface area contributed by atoms with E-state index in [1.54, 1.807) is 17.7 Å². The molecule has 0 fully saturated rings. The molecule has 0 amide bonds. The Balaban J connectivity index is 2.84. The van der Waals surface area contributed by atoms with Crippen LogP contribution in [0.3, 0.4) is 0 Å². The second kappa shape index (κ2) is 4.77. The van der Waals surface area contributed by atoms with Crippen LogP contribution in [0.25, 0.3) is 6.08 Å². The molecule has 15 heavy (non-hydrogen) atoms. The van der Waals surface area contributed by atoms with Gasteiger partial charge in [-0.3, -0.25) is 4.68 Å². The Morgan fingerprint density at radius 2 is 2.20 bits per heavy atom. The molecule has 0 bridgehead atoms. The summed E-state index contributed by atoms with van der Waals surface area (Å²) >= 11 is 0. The molecule has 0 radical (unpaired) electrons. The predicted octanol–water partition coefficient (Wildman–Crippen LogP) is 1.61. The van der Waals surface area contributed by atoms with Gasteiger partial charge in [0.05, 0.1) is 12.3 Å². The van der Waals surface area contributed by atoms with Gasteiger partial charge in [-0.1, -0.05) is 0 Å². The van der Waals surface area contributed by atoms with Crippen molar-refractivity contribution in [1.82, 2.24) is 9.78 Å². The maximum Gasteiger partial charge on any atom is 0.330 e. The molecule has 1 rings (SSSR count). The molecule has 4 nitrogen and oxygen atoms in total. The Hall–Kier alpha value is -1.58. The van der Waals surface area contributed by atoms with Crippen LogP contribution in [0.1, 0.15) is 23.9 Å². The maximum absolute atomic E-state index is 11.1. The molecule has 1 aromatic heterocycles. The summed E-state index contributed by atoms with van der Waals surface area (Å²) in [6.45, 7) is 6.06. The Morgan fingerprint density at radius 1 is 1.53 bits per heavy atom. The van der Waals surface area contributed by atoms with E-state index in [1.165, 1.54) is 6.08 Å². The molecule has 4 heteroatoms. The molecule has 0 N–H and O–H groups in total. The van der Waals surface area contributed by atoms with Gasteiger partial charge in [0, 0.05) is 24.4 Å². The first-order valence-electron chi connectivity index (χ1n) is 4.91. The number of nitrogens with zero attached hydrogens (tertiary/aromatic N) is 2. The maximum atomic E-state index is 11.1. The Morgan fingerprint density at radius 3 is 2.67 bits per heavy atom. The second-order valence-corrected chi connectivity index (χ2v) is 3.29. The van der Waals surface area contributed by atoms with Crippen LogP contribution in [0.5, 0.6) is 0 Å². The van der Waals surface area contributed by atoms with E-state index in [0.29, 0.717) is 6.61 Å². The first-order valence-corrected chi connectivity index (χ1v) is 4.91. The zero-order valence-electron chi connectivity index (χ0n) is 9.57. The molecule has 0 aliphatic carbocycles. The van der Waals surface area contributed by atoms with Gasteiger partial charge in [0.15, 0.2) is 0 Å². The molecule has 0 unspecified atom stereocenters. The standard InChI is InChI=1S/C11H16N2O2/c1-5-15-11(14)7-6-10-8(2)12-13(4)9(10)3/h6-7H,5H2,1-4H3/b7-6+. The molecule has 0 atom stereocenters. The highest BCUT2D eigenvalue weighted by molar-refractivity contribution is 5.87. The lowest BCUT2D eigenvalue weighted by molar-refractivity contribution is -0.137. The summed E-state index contributed by atoms with van der Waals surface area (Å²) in [7, 11) is 1.88. The molecule has 1 heterocycles. The van der Waals surface area contributed by atoms with Crippen molar-refractivity contribution in [2.75, 3.05) is 6.61 Å². The van der Waals surface area contributed by atoms with Crippen LogP contribution in [-0.4, -0.2) is 22.4 Å². The Kier molecular flexibility index (Phi) is 3.66. The molecule has 1 aromatic rings. The largest absolute Gasteiger partial charge is 0.463 e. The van der Waals surface area contributed by atoms with Gasteiger partial charge in [-0.15, -0.1) is 0 Å². The molecule has 0 aliphatic heterocycles. The fourth-order valence-electron chi connectivity index (χ4n) is 1.37. The van der Waals surface area contributed by atoms with Crippen molar-refractivity contribution in [3.8, 4) is 0 Å². The average Bonchev–Trinajstić information content (AvgIpc) is 2.40. The number of hydrogen-bond donors (Lipinski definition) is 0. The van der Waals surface area contributed by atoms with Crippen molar-refractivity contribution < 1.29 is 9.53 Å². The third-order valence-electron chi connectivity index (χ3n) is 2.24. The van der Waals surface area contributed by atoms with E-state index in [0.717, 1.165) is 17.0 Å². The van der Waals surface area contributed by atoms with Gasteiger partial charge in [-0.25, -0.2) is 4.79 Å². The topological polar surface area (TPSA) is 44.1 Å². The van der Waals surface area contributed by atoms with E-state index in [1.807, 2.05) is 20.9 Å². The fourth-order valence-corrected chi connectivity index (χ4v) is 1.37. The summed E-state index contributed by atoms with van der Waals surface area (Å²) < 4.78 is 6.59. The lowest BCUT2D eigenvalue weighted by Gasteiger charge is -1.96. The van der Waals surface area contributed by atoms with Gasteiger partial charge >= 0.3 is 5.97 Å². The van der Waals surface area contributed by atoms with E-state index in [2.05, 4.69) is 5.10 Å². The van der Waals surface area contributed by atoms with Crippen LogP contribution in [-0.2, 0) is 16.6 Å². The Bertz CT molecular complexity index is 392. The van der Waals surface area contributed by atoms with Crippen molar-refractivity contribution in [1.29, 1.82) is 0 Å². The van der Waals surface area contributed by atoms with Crippen LogP contribution in [0.15, 0.2) is 6.08 Å². The fraction of sp³-hybridized carbons (Fsp3) is 0.455. The van der Waals surface area contributed by atoms with E-state index >= 15 is 0 Å². The zero-order valence-corrected chi connectivity index (χ0v) is 9.57. The molecule has 0 saturated carbocycles. The predicted molar refractivity (Wildman–Crippen MR) is 58.3 cm³/mol. The molecular weight excluding hydrogens is 192 g/mol. The zero-order chi connectivity index (χ0) is 11.4. The van der Waals surface area contributed by atoms with E-state index in [4.69, 9.17) is 4.74 Å². The molecule has 0 spiro atoms. The van der Waals surface area contributed by atoms with Crippen LogP contribution < -0.4 is 0 Å². The van der Waals surface area contributed by atoms with Crippen LogP contribution in [0.4, 0.5) is 0 Å². The number of carbonyl (C=O) groups excluding carboxylic acids is 1. The van der Waals surface area contributed by atoms with E-state index in [-0.39, 0.29) is 5.97 Å². The third kappa shape index (κ3) is 2.68. The van der Waals surface area contributed by atoms with Gasteiger partial charge in [0.25, 0.3) is 0 Å². The number of rotatable bonds is 3. The van der Waals surface area contributed by atoms with Gasteiger partial charge in [0.1, 0.15) is 0 Å². The number of aromatic nitrogens is 2. The smallest absolute Gasteiger partial charge is 0.330 e. The van der Waals surface area contributed by atoms with Crippen LogP contribution in [0.2, 0.25) is 0 Å². The summed E-state index contributed by atoms with van der Waals surface area (Å²) in [6, 6.07) is 0. The molecule has 0 aliphatic rings. The molecule has 0 aromatic carbocycles. The number of esters is 1. The summed E-state index contributed by atoms with van der Waals surface area (Å²) in [4.78, 5) is 11.1. The number of hydrogen-bond acceptors (Lipinski definition) is 3. The van der Waals surface area contributed by atoms with Crippen LogP contribution in [0, 0.1) is 13.8 Å². The van der Waals surface area contributed by atoms with Crippen molar-refractivity contribution in [3.63, 3.8) is 0 Å². The van der Waals surface area contributed by atoms with Gasteiger partial charge < -0.3 is 4.74 Å². The minimum atomic E-state index is -0.319. The highest BCUT2D eigenvalue weighted by Crippen LogP contribution is 2.13. The van der Waals surface area contributed by atoms with Crippen molar-refractivity contribution >= 4 is 12.0 Å². The SMILES string of the molecule is CCOC(=O)/C=C/c1c(C)nn(C)c1C. The normalized spacial score (nSPS) is 10.9. The minimum Gasteiger partial charge on any atom is -0.463 e. The molecular formula is C11H16N2O2. The lowest BCUT2D eigenvalue weighted by Crippen LogP contribution is -1.98. The second-order valence-electron chi connectivity index (χ2n) is 3.29.